The molecule has 188 valence electrons. The number of nitro groups is 1. The number of nitrogens with one attached hydrogen (secondary N) is 2. The zero-order valence-corrected chi connectivity index (χ0v) is 20.5. The van der Waals surface area contributed by atoms with Crippen molar-refractivity contribution in [1.82, 2.24) is 9.80 Å². The van der Waals surface area contributed by atoms with E-state index < -0.39 is 10.8 Å². The summed E-state index contributed by atoms with van der Waals surface area (Å²) >= 11 is 0. The van der Waals surface area contributed by atoms with Crippen LogP contribution >= 0.6 is 0 Å². The van der Waals surface area contributed by atoms with Crippen LogP contribution in [0, 0.1) is 10.1 Å². The Hall–Kier alpha value is -3.50. The number of hydrogen-bond acceptors (Lipinski definition) is 7. The molecule has 35 heavy (non-hydrogen) atoms. The molecule has 0 aliphatic carbocycles. The second-order valence-electron chi connectivity index (χ2n) is 8.50. The highest BCUT2D eigenvalue weighted by Crippen LogP contribution is 2.25. The number of non-ortho nitro benzene ring substituents is 1. The van der Waals surface area contributed by atoms with E-state index in [4.69, 9.17) is 4.74 Å². The summed E-state index contributed by atoms with van der Waals surface area (Å²) in [6, 6.07) is 11.2. The second kappa shape index (κ2) is 12.3. The van der Waals surface area contributed by atoms with Gasteiger partial charge in [0.2, 0.25) is 5.91 Å². The maximum absolute atomic E-state index is 13.0. The largest absolute Gasteiger partial charge is 0.497 e. The van der Waals surface area contributed by atoms with Crippen molar-refractivity contribution in [2.75, 3.05) is 50.5 Å². The Morgan fingerprint density at radius 1 is 1.06 bits per heavy atom. The molecule has 10 nitrogen and oxygen atoms in total. The first-order valence-electron chi connectivity index (χ1n) is 11.8. The molecule has 2 amide bonds. The van der Waals surface area contributed by atoms with Gasteiger partial charge < -0.3 is 15.4 Å². The third-order valence-corrected chi connectivity index (χ3v) is 6.29. The molecule has 1 heterocycles. The summed E-state index contributed by atoms with van der Waals surface area (Å²) in [5.74, 6) is -0.291. The van der Waals surface area contributed by atoms with Crippen molar-refractivity contribution in [2.45, 2.75) is 32.7 Å². The number of methoxy groups -OCH3 is 1. The minimum atomic E-state index is -0.576. The van der Waals surface area contributed by atoms with Gasteiger partial charge in [-0.25, -0.2) is 0 Å². The minimum absolute atomic E-state index is 0.00826. The summed E-state index contributed by atoms with van der Waals surface area (Å²) < 4.78 is 5.17. The molecule has 1 saturated heterocycles. The van der Waals surface area contributed by atoms with Crippen molar-refractivity contribution in [1.29, 1.82) is 0 Å². The molecule has 1 aliphatic rings. The van der Waals surface area contributed by atoms with Crippen LogP contribution in [0.5, 0.6) is 5.75 Å². The molecule has 0 radical (unpaired) electrons. The number of piperazine rings is 1. The number of rotatable bonds is 10. The van der Waals surface area contributed by atoms with E-state index in [0.29, 0.717) is 17.5 Å². The predicted octanol–water partition coefficient (Wildman–Crippen LogP) is 3.60. The maximum Gasteiger partial charge on any atom is 0.270 e. The molecule has 0 spiro atoms. The quantitative estimate of drug-likeness (QED) is 0.392. The molecule has 0 atom stereocenters. The lowest BCUT2D eigenvalue weighted by atomic mass is 10.1. The van der Waals surface area contributed by atoms with Crippen LogP contribution in [0.2, 0.25) is 0 Å². The van der Waals surface area contributed by atoms with Gasteiger partial charge in [0.05, 0.1) is 29.8 Å². The van der Waals surface area contributed by atoms with Crippen LogP contribution in [0.3, 0.4) is 0 Å². The summed E-state index contributed by atoms with van der Waals surface area (Å²) in [6.07, 6.45) is 2.22. The van der Waals surface area contributed by atoms with Gasteiger partial charge >= 0.3 is 0 Å². The van der Waals surface area contributed by atoms with Gasteiger partial charge in [-0.3, -0.25) is 29.5 Å². The fourth-order valence-electron chi connectivity index (χ4n) is 4.33. The normalized spacial score (nSPS) is 14.5. The summed E-state index contributed by atoms with van der Waals surface area (Å²) in [6.45, 7) is 7.96. The number of amides is 2. The Labute approximate surface area is 205 Å². The molecule has 1 aliphatic heterocycles. The van der Waals surface area contributed by atoms with Crippen molar-refractivity contribution in [3.63, 3.8) is 0 Å². The van der Waals surface area contributed by atoms with Gasteiger partial charge in [0.25, 0.3) is 11.6 Å². The molecule has 0 saturated carbocycles. The first-order valence-corrected chi connectivity index (χ1v) is 11.8. The molecule has 10 heteroatoms. The Kier molecular flexibility index (Phi) is 9.16. The molecule has 2 N–H and O–H groups in total. The molecule has 2 aromatic rings. The lowest BCUT2D eigenvalue weighted by Crippen LogP contribution is -2.51. The van der Waals surface area contributed by atoms with Gasteiger partial charge in [0.1, 0.15) is 5.75 Å². The summed E-state index contributed by atoms with van der Waals surface area (Å²) in [5.41, 5.74) is 0.454. The summed E-state index contributed by atoms with van der Waals surface area (Å²) in [5, 5.41) is 16.8. The molecular formula is C25H33N5O5. The van der Waals surface area contributed by atoms with Crippen LogP contribution in [0.25, 0.3) is 0 Å². The number of carbonyl (C=O) groups excluding carboxylic acids is 2. The third-order valence-electron chi connectivity index (χ3n) is 6.29. The number of hydrogen-bond donors (Lipinski definition) is 2. The fourth-order valence-corrected chi connectivity index (χ4v) is 4.33. The highest BCUT2D eigenvalue weighted by Gasteiger charge is 2.24. The van der Waals surface area contributed by atoms with Gasteiger partial charge in [0, 0.05) is 56.1 Å². The lowest BCUT2D eigenvalue weighted by Gasteiger charge is -2.38. The average molecular weight is 484 g/mol. The van der Waals surface area contributed by atoms with Crippen molar-refractivity contribution in [2.24, 2.45) is 0 Å². The molecule has 3 rings (SSSR count). The van der Waals surface area contributed by atoms with Crippen LogP contribution in [0.4, 0.5) is 17.1 Å². The van der Waals surface area contributed by atoms with Gasteiger partial charge in [-0.1, -0.05) is 19.9 Å². The highest BCUT2D eigenvalue weighted by atomic mass is 16.6. The van der Waals surface area contributed by atoms with Crippen molar-refractivity contribution in [3.8, 4) is 5.75 Å². The van der Waals surface area contributed by atoms with Crippen LogP contribution in [0.15, 0.2) is 42.5 Å². The Balaban J connectivity index is 1.69. The van der Waals surface area contributed by atoms with E-state index in [1.54, 1.807) is 24.3 Å². The average Bonchev–Trinajstić information content (AvgIpc) is 2.86. The van der Waals surface area contributed by atoms with Gasteiger partial charge in [-0.15, -0.1) is 0 Å². The van der Waals surface area contributed by atoms with Crippen LogP contribution in [-0.4, -0.2) is 72.4 Å². The standard InChI is InChI=1S/C25H33N5O5/c1-4-19(5-2)29-13-11-28(12-14-29)17-24(31)27-23-10-9-20(30(33)34)16-22(23)25(32)26-18-7-6-8-21(15-18)35-3/h6-10,15-16,19H,4-5,11-14,17H2,1-3H3,(H,26,32)(H,27,31). The Morgan fingerprint density at radius 2 is 1.77 bits per heavy atom. The highest BCUT2D eigenvalue weighted by molar-refractivity contribution is 6.10. The topological polar surface area (TPSA) is 117 Å². The molecule has 2 aromatic carbocycles. The van der Waals surface area contributed by atoms with E-state index in [1.165, 1.54) is 25.3 Å². The Morgan fingerprint density at radius 3 is 2.40 bits per heavy atom. The second-order valence-corrected chi connectivity index (χ2v) is 8.50. The SMILES string of the molecule is CCC(CC)N1CCN(CC(=O)Nc2ccc([N+](=O)[O-])cc2C(=O)Nc2cccc(OC)c2)CC1. The van der Waals surface area contributed by atoms with Gasteiger partial charge in [0.15, 0.2) is 0 Å². The minimum Gasteiger partial charge on any atom is -0.497 e. The predicted molar refractivity (Wildman–Crippen MR) is 135 cm³/mol. The molecule has 0 aromatic heterocycles. The summed E-state index contributed by atoms with van der Waals surface area (Å²) in [4.78, 5) is 41.0. The van der Waals surface area contributed by atoms with Crippen molar-refractivity contribution < 1.29 is 19.2 Å². The smallest absolute Gasteiger partial charge is 0.270 e. The monoisotopic (exact) mass is 483 g/mol. The van der Waals surface area contributed by atoms with E-state index >= 15 is 0 Å². The first kappa shape index (κ1) is 26.1. The zero-order chi connectivity index (χ0) is 25.4. The molecule has 0 bridgehead atoms. The first-order chi connectivity index (χ1) is 16.8. The van der Waals surface area contributed by atoms with Crippen molar-refractivity contribution in [3.05, 3.63) is 58.1 Å². The van der Waals surface area contributed by atoms with E-state index in [-0.39, 0.29) is 29.4 Å². The molecular weight excluding hydrogens is 450 g/mol. The number of ether oxygens (including phenoxy) is 1. The fraction of sp³-hybridized carbons (Fsp3) is 0.440. The van der Waals surface area contributed by atoms with Crippen LogP contribution in [-0.2, 0) is 4.79 Å². The van der Waals surface area contributed by atoms with Crippen LogP contribution in [0.1, 0.15) is 37.0 Å². The molecule has 1 fully saturated rings. The maximum atomic E-state index is 13.0. The van der Waals surface area contributed by atoms with Gasteiger partial charge in [-0.05, 0) is 31.0 Å². The van der Waals surface area contributed by atoms with E-state index in [2.05, 4.69) is 34.3 Å². The van der Waals surface area contributed by atoms with E-state index in [0.717, 1.165) is 39.0 Å². The molecule has 0 unspecified atom stereocenters. The zero-order valence-electron chi connectivity index (χ0n) is 20.5. The van der Waals surface area contributed by atoms with E-state index in [1.807, 2.05) is 0 Å². The van der Waals surface area contributed by atoms with Crippen LogP contribution < -0.4 is 15.4 Å². The number of nitro benzene ring substituents is 1. The summed E-state index contributed by atoms with van der Waals surface area (Å²) in [7, 11) is 1.51. The third kappa shape index (κ3) is 7.00. The van der Waals surface area contributed by atoms with E-state index in [9.17, 15) is 19.7 Å². The number of anilines is 2. The van der Waals surface area contributed by atoms with Crippen molar-refractivity contribution >= 4 is 28.9 Å². The Bertz CT molecular complexity index is 1050. The lowest BCUT2D eigenvalue weighted by molar-refractivity contribution is -0.384. The number of benzene rings is 2. The number of nitrogens with zero attached hydrogens (tertiary/aromatic N) is 3. The van der Waals surface area contributed by atoms with Gasteiger partial charge in [-0.2, -0.15) is 0 Å². The number of carbonyl (C=O) groups is 2.